The van der Waals surface area contributed by atoms with E-state index in [1.165, 1.54) is 31.4 Å². The van der Waals surface area contributed by atoms with E-state index in [1.807, 2.05) is 6.92 Å². The lowest BCUT2D eigenvalue weighted by molar-refractivity contribution is 0.102. The molecule has 26 heavy (non-hydrogen) atoms. The molecule has 6 nitrogen and oxygen atoms in total. The highest BCUT2D eigenvalue weighted by molar-refractivity contribution is 7.89. The van der Waals surface area contributed by atoms with Crippen LogP contribution in [-0.2, 0) is 14.8 Å². The molecule has 0 fully saturated rings. The number of nitrogens with one attached hydrogen (secondary N) is 2. The quantitative estimate of drug-likeness (QED) is 0.752. The predicted octanol–water partition coefficient (Wildman–Crippen LogP) is 3.21. The Balaban J connectivity index is 2.13. The Morgan fingerprint density at radius 2 is 1.85 bits per heavy atom. The lowest BCUT2D eigenvalue weighted by Crippen LogP contribution is -2.35. The monoisotopic (exact) mass is 396 g/mol. The molecule has 1 atom stereocenters. The van der Waals surface area contributed by atoms with Crippen LogP contribution in [0.4, 0.5) is 5.69 Å². The molecular formula is C18H21ClN2O4S. The molecule has 2 aromatic carbocycles. The number of hydrogen-bond acceptors (Lipinski definition) is 4. The van der Waals surface area contributed by atoms with Crippen molar-refractivity contribution in [2.45, 2.75) is 24.8 Å². The standard InChI is InChI=1S/C18H21ClN2O4S/c1-12-4-7-15(19)10-17(12)20-18(22)14-5-8-16(9-6-14)26(23,24)21-13(2)11-25-3/h4-10,13,21H,11H2,1-3H3,(H,20,22). The van der Waals surface area contributed by atoms with Crippen molar-refractivity contribution in [2.24, 2.45) is 0 Å². The van der Waals surface area contributed by atoms with E-state index in [-0.39, 0.29) is 23.5 Å². The Morgan fingerprint density at radius 1 is 1.19 bits per heavy atom. The van der Waals surface area contributed by atoms with Gasteiger partial charge in [0.2, 0.25) is 10.0 Å². The van der Waals surface area contributed by atoms with Gasteiger partial charge < -0.3 is 10.1 Å². The molecule has 0 radical (unpaired) electrons. The third-order valence-electron chi connectivity index (χ3n) is 3.65. The Kier molecular flexibility index (Phi) is 6.77. The van der Waals surface area contributed by atoms with Crippen LogP contribution in [0.25, 0.3) is 0 Å². The second-order valence-corrected chi connectivity index (χ2v) is 8.07. The van der Waals surface area contributed by atoms with Crippen LogP contribution < -0.4 is 10.0 Å². The average Bonchev–Trinajstić information content (AvgIpc) is 2.58. The van der Waals surface area contributed by atoms with Gasteiger partial charge in [-0.1, -0.05) is 17.7 Å². The van der Waals surface area contributed by atoms with E-state index in [4.69, 9.17) is 16.3 Å². The number of sulfonamides is 1. The summed E-state index contributed by atoms with van der Waals surface area (Å²) in [7, 11) is -2.17. The lowest BCUT2D eigenvalue weighted by atomic mass is 10.1. The fourth-order valence-corrected chi connectivity index (χ4v) is 3.73. The molecule has 140 valence electrons. The zero-order chi connectivity index (χ0) is 19.3. The number of amides is 1. The molecule has 0 heterocycles. The fraction of sp³-hybridized carbons (Fsp3) is 0.278. The van der Waals surface area contributed by atoms with Gasteiger partial charge in [0, 0.05) is 29.4 Å². The van der Waals surface area contributed by atoms with Crippen molar-refractivity contribution in [3.63, 3.8) is 0 Å². The average molecular weight is 397 g/mol. The van der Waals surface area contributed by atoms with Gasteiger partial charge in [0.15, 0.2) is 0 Å². The molecule has 0 aliphatic carbocycles. The topological polar surface area (TPSA) is 84.5 Å². The second kappa shape index (κ2) is 8.64. The van der Waals surface area contributed by atoms with E-state index in [9.17, 15) is 13.2 Å². The molecule has 1 amide bonds. The van der Waals surface area contributed by atoms with Crippen LogP contribution in [0.2, 0.25) is 5.02 Å². The van der Waals surface area contributed by atoms with Crippen molar-refractivity contribution in [1.82, 2.24) is 4.72 Å². The molecule has 2 aromatic rings. The van der Waals surface area contributed by atoms with Gasteiger partial charge in [-0.25, -0.2) is 13.1 Å². The number of anilines is 1. The van der Waals surface area contributed by atoms with Gasteiger partial charge >= 0.3 is 0 Å². The van der Waals surface area contributed by atoms with Crippen LogP contribution in [0.1, 0.15) is 22.8 Å². The number of carbonyl (C=O) groups is 1. The first-order valence-electron chi connectivity index (χ1n) is 7.92. The molecule has 0 aliphatic heterocycles. The summed E-state index contributed by atoms with van der Waals surface area (Å²) in [6.45, 7) is 3.82. The second-order valence-electron chi connectivity index (χ2n) is 5.92. The highest BCUT2D eigenvalue weighted by Gasteiger charge is 2.18. The van der Waals surface area contributed by atoms with Crippen molar-refractivity contribution in [3.8, 4) is 0 Å². The highest BCUT2D eigenvalue weighted by Crippen LogP contribution is 2.21. The Bertz CT molecular complexity index is 883. The van der Waals surface area contributed by atoms with Gasteiger partial charge in [0.25, 0.3) is 5.91 Å². The number of carbonyl (C=O) groups excluding carboxylic acids is 1. The summed E-state index contributed by atoms with van der Waals surface area (Å²) in [5.41, 5.74) is 1.82. The molecule has 0 spiro atoms. The maximum Gasteiger partial charge on any atom is 0.255 e. The molecule has 2 rings (SSSR count). The van der Waals surface area contributed by atoms with Crippen LogP contribution in [0.15, 0.2) is 47.4 Å². The van der Waals surface area contributed by atoms with Crippen molar-refractivity contribution < 1.29 is 17.9 Å². The molecule has 0 saturated carbocycles. The number of rotatable bonds is 7. The van der Waals surface area contributed by atoms with Crippen LogP contribution in [0.3, 0.4) is 0 Å². The zero-order valence-electron chi connectivity index (χ0n) is 14.7. The van der Waals surface area contributed by atoms with E-state index in [0.29, 0.717) is 16.3 Å². The SMILES string of the molecule is COCC(C)NS(=O)(=O)c1ccc(C(=O)Nc2cc(Cl)ccc2C)cc1. The molecule has 8 heteroatoms. The minimum Gasteiger partial charge on any atom is -0.383 e. The Hall–Kier alpha value is -1.93. The minimum absolute atomic E-state index is 0.0796. The number of halogens is 1. The largest absolute Gasteiger partial charge is 0.383 e. The number of hydrogen-bond donors (Lipinski definition) is 2. The summed E-state index contributed by atoms with van der Waals surface area (Å²) < 4.78 is 32.0. The van der Waals surface area contributed by atoms with E-state index >= 15 is 0 Å². The molecule has 0 aliphatic rings. The minimum atomic E-state index is -3.67. The van der Waals surface area contributed by atoms with Crippen LogP contribution >= 0.6 is 11.6 Å². The number of benzene rings is 2. The molecule has 0 bridgehead atoms. The van der Waals surface area contributed by atoms with Gasteiger partial charge in [-0.3, -0.25) is 4.79 Å². The van der Waals surface area contributed by atoms with Crippen LogP contribution in [0.5, 0.6) is 0 Å². The summed E-state index contributed by atoms with van der Waals surface area (Å²) >= 11 is 5.95. The molecule has 2 N–H and O–H groups in total. The molecule has 0 aromatic heterocycles. The molecule has 1 unspecified atom stereocenters. The van der Waals surface area contributed by atoms with Gasteiger partial charge in [0.1, 0.15) is 0 Å². The van der Waals surface area contributed by atoms with Crippen LogP contribution in [-0.4, -0.2) is 34.1 Å². The summed E-state index contributed by atoms with van der Waals surface area (Å²) in [6.07, 6.45) is 0. The van der Waals surface area contributed by atoms with Crippen LogP contribution in [0, 0.1) is 6.92 Å². The summed E-state index contributed by atoms with van der Waals surface area (Å²) in [6, 6.07) is 10.6. The number of aryl methyl sites for hydroxylation is 1. The van der Waals surface area contributed by atoms with Crippen molar-refractivity contribution in [2.75, 3.05) is 19.0 Å². The summed E-state index contributed by atoms with van der Waals surface area (Å²) in [5.74, 6) is -0.347. The fourth-order valence-electron chi connectivity index (χ4n) is 2.33. The Morgan fingerprint density at radius 3 is 2.46 bits per heavy atom. The predicted molar refractivity (Wildman–Crippen MR) is 102 cm³/mol. The van der Waals surface area contributed by atoms with Crippen molar-refractivity contribution in [3.05, 3.63) is 58.6 Å². The molecule has 0 saturated heterocycles. The van der Waals surface area contributed by atoms with Gasteiger partial charge in [0.05, 0.1) is 11.5 Å². The summed E-state index contributed by atoms with van der Waals surface area (Å²) in [5, 5.41) is 3.29. The van der Waals surface area contributed by atoms with E-state index in [1.54, 1.807) is 25.1 Å². The first kappa shape index (κ1) is 20.4. The van der Waals surface area contributed by atoms with E-state index in [2.05, 4.69) is 10.0 Å². The van der Waals surface area contributed by atoms with E-state index < -0.39 is 10.0 Å². The third kappa shape index (κ3) is 5.28. The first-order valence-corrected chi connectivity index (χ1v) is 9.78. The van der Waals surface area contributed by atoms with Gasteiger partial charge in [-0.15, -0.1) is 0 Å². The smallest absolute Gasteiger partial charge is 0.255 e. The number of methoxy groups -OCH3 is 1. The van der Waals surface area contributed by atoms with Gasteiger partial charge in [-0.2, -0.15) is 0 Å². The maximum atomic E-state index is 12.4. The lowest BCUT2D eigenvalue weighted by Gasteiger charge is -2.13. The van der Waals surface area contributed by atoms with Crippen molar-refractivity contribution >= 4 is 33.2 Å². The maximum absolute atomic E-state index is 12.4. The third-order valence-corrected chi connectivity index (χ3v) is 5.49. The molecular weight excluding hydrogens is 376 g/mol. The van der Waals surface area contributed by atoms with E-state index in [0.717, 1.165) is 5.56 Å². The summed E-state index contributed by atoms with van der Waals surface area (Å²) in [4.78, 5) is 12.4. The normalized spacial score (nSPS) is 12.6. The number of ether oxygens (including phenoxy) is 1. The Labute approximate surface area is 158 Å². The van der Waals surface area contributed by atoms with Gasteiger partial charge in [-0.05, 0) is 55.8 Å². The highest BCUT2D eigenvalue weighted by atomic mass is 35.5. The first-order chi connectivity index (χ1) is 12.2. The van der Waals surface area contributed by atoms with Crippen molar-refractivity contribution in [1.29, 1.82) is 0 Å². The zero-order valence-corrected chi connectivity index (χ0v) is 16.3.